The number of carbonyl (C=O) groups is 1. The van der Waals surface area contributed by atoms with E-state index in [1.807, 2.05) is 36.4 Å². The van der Waals surface area contributed by atoms with Gasteiger partial charge in [0.1, 0.15) is 11.5 Å². The molecule has 2 aromatic rings. The van der Waals surface area contributed by atoms with Gasteiger partial charge in [0.2, 0.25) is 0 Å². The lowest BCUT2D eigenvalue weighted by molar-refractivity contribution is -0.133. The summed E-state index contributed by atoms with van der Waals surface area (Å²) in [5.41, 5.74) is 2.40. The molecule has 0 bridgehead atoms. The first-order valence-electron chi connectivity index (χ1n) is 7.83. The fourth-order valence-electron chi connectivity index (χ4n) is 2.09. The lowest BCUT2D eigenvalue weighted by atomic mass is 10.1. The van der Waals surface area contributed by atoms with Crippen molar-refractivity contribution in [2.45, 2.75) is 25.2 Å². The monoisotopic (exact) mass is 346 g/mol. The maximum atomic E-state index is 10.5. The minimum absolute atomic E-state index is 0.0654. The highest BCUT2D eigenvalue weighted by Crippen LogP contribution is 2.22. The van der Waals surface area contributed by atoms with Gasteiger partial charge in [-0.05, 0) is 55.3 Å². The van der Waals surface area contributed by atoms with E-state index in [0.717, 1.165) is 22.8 Å². The van der Waals surface area contributed by atoms with E-state index in [1.54, 1.807) is 0 Å². The molecule has 0 fully saturated rings. The topological polar surface area (TPSA) is 55.8 Å². The maximum Gasteiger partial charge on any atom is 0.313 e. The van der Waals surface area contributed by atoms with Crippen LogP contribution in [0.3, 0.4) is 0 Å². The molecule has 0 amide bonds. The van der Waals surface area contributed by atoms with E-state index in [1.165, 1.54) is 22.9 Å². The summed E-state index contributed by atoms with van der Waals surface area (Å²) >= 11 is 1.29. The van der Waals surface area contributed by atoms with Gasteiger partial charge in [-0.3, -0.25) is 4.79 Å². The standard InChI is InChI=1S/C19H22O4S/c1-14-5-3-6-18(15(14)2)23-12-4-11-22-16-7-9-17(10-8-16)24-13-19(20)21/h3,5-10H,4,11-13H2,1-2H3,(H,20,21). The molecule has 24 heavy (non-hydrogen) atoms. The van der Waals surface area contributed by atoms with Crippen LogP contribution in [0.4, 0.5) is 0 Å². The van der Waals surface area contributed by atoms with Crippen LogP contribution in [0.1, 0.15) is 17.5 Å². The molecular weight excluding hydrogens is 324 g/mol. The van der Waals surface area contributed by atoms with E-state index in [-0.39, 0.29) is 5.75 Å². The molecule has 0 unspecified atom stereocenters. The normalized spacial score (nSPS) is 10.4. The molecule has 0 spiro atoms. The third kappa shape index (κ3) is 5.81. The van der Waals surface area contributed by atoms with Crippen molar-refractivity contribution in [3.8, 4) is 11.5 Å². The van der Waals surface area contributed by atoms with Gasteiger partial charge in [-0.15, -0.1) is 11.8 Å². The quantitative estimate of drug-likeness (QED) is 0.541. The Morgan fingerprint density at radius 2 is 1.75 bits per heavy atom. The molecule has 2 rings (SSSR count). The third-order valence-electron chi connectivity index (χ3n) is 3.56. The number of carboxylic acid groups (broad SMARTS) is 1. The van der Waals surface area contributed by atoms with Crippen molar-refractivity contribution in [3.63, 3.8) is 0 Å². The van der Waals surface area contributed by atoms with Gasteiger partial charge in [-0.25, -0.2) is 0 Å². The second kappa shape index (κ2) is 9.23. The molecule has 1 N–H and O–H groups in total. The lowest BCUT2D eigenvalue weighted by Crippen LogP contribution is -2.06. The Balaban J connectivity index is 1.68. The molecule has 0 atom stereocenters. The third-order valence-corrected chi connectivity index (χ3v) is 4.55. The van der Waals surface area contributed by atoms with Gasteiger partial charge in [0, 0.05) is 11.3 Å². The first-order valence-corrected chi connectivity index (χ1v) is 8.81. The number of hydrogen-bond acceptors (Lipinski definition) is 4. The number of aliphatic carboxylic acids is 1. The summed E-state index contributed by atoms with van der Waals surface area (Å²) in [4.78, 5) is 11.4. The van der Waals surface area contributed by atoms with Gasteiger partial charge in [0.15, 0.2) is 0 Å². The van der Waals surface area contributed by atoms with Gasteiger partial charge in [-0.1, -0.05) is 12.1 Å². The van der Waals surface area contributed by atoms with Crippen molar-refractivity contribution in [2.24, 2.45) is 0 Å². The zero-order chi connectivity index (χ0) is 17.4. The molecule has 0 aliphatic rings. The zero-order valence-electron chi connectivity index (χ0n) is 14.0. The number of benzene rings is 2. The molecule has 4 nitrogen and oxygen atoms in total. The van der Waals surface area contributed by atoms with Crippen LogP contribution < -0.4 is 9.47 Å². The van der Waals surface area contributed by atoms with E-state index in [0.29, 0.717) is 13.2 Å². The molecule has 0 radical (unpaired) electrons. The Morgan fingerprint density at radius 1 is 1.04 bits per heavy atom. The summed E-state index contributed by atoms with van der Waals surface area (Å²) in [6.07, 6.45) is 0.795. The molecule has 0 saturated heterocycles. The molecule has 128 valence electrons. The highest BCUT2D eigenvalue weighted by molar-refractivity contribution is 8.00. The number of thioether (sulfide) groups is 1. The number of hydrogen-bond donors (Lipinski definition) is 1. The van der Waals surface area contributed by atoms with Crippen molar-refractivity contribution in [1.29, 1.82) is 0 Å². The molecular formula is C19H22O4S. The average molecular weight is 346 g/mol. The first-order chi connectivity index (χ1) is 11.6. The maximum absolute atomic E-state index is 10.5. The Morgan fingerprint density at radius 3 is 2.46 bits per heavy atom. The first kappa shape index (κ1) is 18.2. The highest BCUT2D eigenvalue weighted by Gasteiger charge is 2.02. The SMILES string of the molecule is Cc1cccc(OCCCOc2ccc(SCC(=O)O)cc2)c1C. The van der Waals surface area contributed by atoms with E-state index in [9.17, 15) is 4.79 Å². The number of aryl methyl sites for hydroxylation is 1. The number of rotatable bonds is 9. The van der Waals surface area contributed by atoms with Gasteiger partial charge < -0.3 is 14.6 Å². The summed E-state index contributed by atoms with van der Waals surface area (Å²) in [6.45, 7) is 5.32. The summed E-state index contributed by atoms with van der Waals surface area (Å²) in [7, 11) is 0. The second-order valence-corrected chi connectivity index (χ2v) is 6.45. The predicted octanol–water partition coefficient (Wildman–Crippen LogP) is 4.33. The Kier molecular flexibility index (Phi) is 7.00. The zero-order valence-corrected chi connectivity index (χ0v) is 14.8. The molecule has 2 aromatic carbocycles. The average Bonchev–Trinajstić information content (AvgIpc) is 2.57. The van der Waals surface area contributed by atoms with E-state index >= 15 is 0 Å². The molecule has 0 heterocycles. The Labute approximate surface area is 146 Å². The molecule has 0 saturated carbocycles. The van der Waals surface area contributed by atoms with Gasteiger partial charge in [0.05, 0.1) is 19.0 Å². The fourth-order valence-corrected chi connectivity index (χ4v) is 2.71. The van der Waals surface area contributed by atoms with Gasteiger partial charge in [0.25, 0.3) is 0 Å². The van der Waals surface area contributed by atoms with Crippen LogP contribution in [0, 0.1) is 13.8 Å². The summed E-state index contributed by atoms with van der Waals surface area (Å²) in [5.74, 6) is 0.955. The Hall–Kier alpha value is -2.14. The van der Waals surface area contributed by atoms with Crippen molar-refractivity contribution >= 4 is 17.7 Å². The van der Waals surface area contributed by atoms with Crippen molar-refractivity contribution in [3.05, 3.63) is 53.6 Å². The number of ether oxygens (including phenoxy) is 2. The summed E-state index contributed by atoms with van der Waals surface area (Å²) in [6, 6.07) is 13.5. The van der Waals surface area contributed by atoms with Crippen LogP contribution >= 0.6 is 11.8 Å². The van der Waals surface area contributed by atoms with E-state index in [2.05, 4.69) is 19.9 Å². The Bertz CT molecular complexity index is 668. The molecule has 0 aromatic heterocycles. The molecule has 0 aliphatic carbocycles. The van der Waals surface area contributed by atoms with Crippen LogP contribution in [-0.2, 0) is 4.79 Å². The van der Waals surface area contributed by atoms with Gasteiger partial charge in [-0.2, -0.15) is 0 Å². The highest BCUT2D eigenvalue weighted by atomic mass is 32.2. The smallest absolute Gasteiger partial charge is 0.313 e. The predicted molar refractivity (Wildman–Crippen MR) is 96.3 cm³/mol. The van der Waals surface area contributed by atoms with Crippen molar-refractivity contribution < 1.29 is 19.4 Å². The van der Waals surface area contributed by atoms with E-state index < -0.39 is 5.97 Å². The van der Waals surface area contributed by atoms with Crippen LogP contribution in [-0.4, -0.2) is 30.0 Å². The van der Waals surface area contributed by atoms with E-state index in [4.69, 9.17) is 14.6 Å². The summed E-state index contributed by atoms with van der Waals surface area (Å²) < 4.78 is 11.5. The summed E-state index contributed by atoms with van der Waals surface area (Å²) in [5, 5.41) is 8.65. The molecule has 0 aliphatic heterocycles. The van der Waals surface area contributed by atoms with Crippen LogP contribution in [0.25, 0.3) is 0 Å². The van der Waals surface area contributed by atoms with Crippen LogP contribution in [0.15, 0.2) is 47.4 Å². The van der Waals surface area contributed by atoms with Gasteiger partial charge >= 0.3 is 5.97 Å². The lowest BCUT2D eigenvalue weighted by Gasteiger charge is -2.11. The van der Waals surface area contributed by atoms with Crippen molar-refractivity contribution in [2.75, 3.05) is 19.0 Å². The van der Waals surface area contributed by atoms with Crippen LogP contribution in [0.2, 0.25) is 0 Å². The minimum Gasteiger partial charge on any atom is -0.493 e. The fraction of sp³-hybridized carbons (Fsp3) is 0.316. The largest absolute Gasteiger partial charge is 0.493 e. The molecule has 5 heteroatoms. The second-order valence-electron chi connectivity index (χ2n) is 5.40. The number of carboxylic acids is 1. The minimum atomic E-state index is -0.816. The van der Waals surface area contributed by atoms with Crippen LogP contribution in [0.5, 0.6) is 11.5 Å². The van der Waals surface area contributed by atoms with Crippen molar-refractivity contribution in [1.82, 2.24) is 0 Å².